The molecule has 0 aromatic heterocycles. The predicted molar refractivity (Wildman–Crippen MR) is 97.4 cm³/mol. The van der Waals surface area contributed by atoms with E-state index in [1.165, 1.54) is 6.08 Å². The number of likely N-dealkylation sites (N-methyl/N-ethyl adjacent to an activating group) is 1. The highest BCUT2D eigenvalue weighted by molar-refractivity contribution is 5.84. The summed E-state index contributed by atoms with van der Waals surface area (Å²) < 4.78 is 16.5. The van der Waals surface area contributed by atoms with Gasteiger partial charge in [0.1, 0.15) is 23.9 Å². The van der Waals surface area contributed by atoms with Crippen molar-refractivity contribution >= 4 is 11.3 Å². The molecule has 5 heteroatoms. The Kier molecular flexibility index (Phi) is 4.80. The van der Waals surface area contributed by atoms with Gasteiger partial charge in [0, 0.05) is 19.2 Å². The van der Waals surface area contributed by atoms with Gasteiger partial charge in [0.25, 0.3) is 0 Å². The fourth-order valence-corrected chi connectivity index (χ4v) is 2.89. The van der Waals surface area contributed by atoms with Gasteiger partial charge in [0.05, 0.1) is 32.5 Å². The summed E-state index contributed by atoms with van der Waals surface area (Å²) in [5, 5.41) is 9.26. The third-order valence-corrected chi connectivity index (χ3v) is 4.24. The molecule has 0 saturated carbocycles. The molecule has 1 heterocycles. The van der Waals surface area contributed by atoms with Crippen LogP contribution in [0.25, 0.3) is 5.57 Å². The van der Waals surface area contributed by atoms with E-state index >= 15 is 0 Å². The van der Waals surface area contributed by atoms with Gasteiger partial charge in [-0.05, 0) is 41.0 Å². The monoisotopic (exact) mass is 336 g/mol. The number of methoxy groups -OCH3 is 2. The molecule has 0 bridgehead atoms. The standard InChI is InChI=1S/C20H20N2O3/c1-22-8-9-25-20-12-14(4-5-19(20)22)18(6-7-21)15-10-16(23-2)13-17(11-15)24-3/h4-6,10-13H,8-9H2,1-3H3/b18-6+. The van der Waals surface area contributed by atoms with Gasteiger partial charge in [0.15, 0.2) is 0 Å². The van der Waals surface area contributed by atoms with E-state index in [-0.39, 0.29) is 0 Å². The van der Waals surface area contributed by atoms with E-state index in [0.717, 1.165) is 34.7 Å². The van der Waals surface area contributed by atoms with Crippen LogP contribution in [0.4, 0.5) is 5.69 Å². The van der Waals surface area contributed by atoms with Crippen LogP contribution in [0.1, 0.15) is 11.1 Å². The molecule has 0 saturated heterocycles. The lowest BCUT2D eigenvalue weighted by molar-refractivity contribution is 0.311. The zero-order valence-electron chi connectivity index (χ0n) is 14.6. The van der Waals surface area contributed by atoms with Crippen molar-refractivity contribution in [2.24, 2.45) is 0 Å². The van der Waals surface area contributed by atoms with E-state index in [1.54, 1.807) is 20.3 Å². The van der Waals surface area contributed by atoms with Crippen LogP contribution in [0.3, 0.4) is 0 Å². The van der Waals surface area contributed by atoms with Crippen molar-refractivity contribution in [2.45, 2.75) is 0 Å². The Morgan fingerprint density at radius 3 is 2.48 bits per heavy atom. The molecule has 0 unspecified atom stereocenters. The number of hydrogen-bond donors (Lipinski definition) is 0. The number of nitriles is 1. The molecule has 0 fully saturated rings. The van der Waals surface area contributed by atoms with Crippen molar-refractivity contribution in [1.29, 1.82) is 5.26 Å². The average Bonchev–Trinajstić information content (AvgIpc) is 2.65. The van der Waals surface area contributed by atoms with Crippen LogP contribution in [0.5, 0.6) is 17.2 Å². The van der Waals surface area contributed by atoms with E-state index in [4.69, 9.17) is 14.2 Å². The summed E-state index contributed by atoms with van der Waals surface area (Å²) in [6, 6.07) is 13.7. The minimum absolute atomic E-state index is 0.650. The first-order chi connectivity index (χ1) is 12.2. The van der Waals surface area contributed by atoms with Crippen molar-refractivity contribution in [3.05, 3.63) is 53.6 Å². The van der Waals surface area contributed by atoms with Gasteiger partial charge in [-0.25, -0.2) is 0 Å². The third-order valence-electron chi connectivity index (χ3n) is 4.24. The molecule has 128 valence electrons. The van der Waals surface area contributed by atoms with Gasteiger partial charge in [0.2, 0.25) is 0 Å². The Bertz CT molecular complexity index is 830. The van der Waals surface area contributed by atoms with Gasteiger partial charge in [-0.2, -0.15) is 5.26 Å². The maximum absolute atomic E-state index is 9.26. The lowest BCUT2D eigenvalue weighted by Gasteiger charge is -2.28. The molecule has 1 aliphatic heterocycles. The van der Waals surface area contributed by atoms with Crippen LogP contribution in [-0.4, -0.2) is 34.4 Å². The smallest absolute Gasteiger partial charge is 0.143 e. The lowest BCUT2D eigenvalue weighted by Crippen LogP contribution is -2.28. The number of anilines is 1. The topological polar surface area (TPSA) is 54.7 Å². The molecule has 0 aliphatic carbocycles. The SMILES string of the molecule is COc1cc(OC)cc(/C(=C/C#N)c2ccc3c(c2)OCCN3C)c1. The molecule has 0 atom stereocenters. The molecule has 0 radical (unpaired) electrons. The maximum Gasteiger partial charge on any atom is 0.143 e. The van der Waals surface area contributed by atoms with Gasteiger partial charge >= 0.3 is 0 Å². The molecule has 25 heavy (non-hydrogen) atoms. The number of rotatable bonds is 4. The molecule has 0 amide bonds. The highest BCUT2D eigenvalue weighted by Gasteiger charge is 2.17. The van der Waals surface area contributed by atoms with Gasteiger partial charge in [-0.3, -0.25) is 0 Å². The summed E-state index contributed by atoms with van der Waals surface area (Å²) in [6.45, 7) is 1.51. The number of allylic oxidation sites excluding steroid dienone is 1. The van der Waals surface area contributed by atoms with E-state index in [9.17, 15) is 5.26 Å². The zero-order valence-corrected chi connectivity index (χ0v) is 14.6. The molecule has 3 rings (SSSR count). The molecule has 0 N–H and O–H groups in total. The molecule has 2 aromatic carbocycles. The molecular formula is C20H20N2O3. The number of hydrogen-bond acceptors (Lipinski definition) is 5. The number of fused-ring (bicyclic) bond motifs is 1. The average molecular weight is 336 g/mol. The van der Waals surface area contributed by atoms with Crippen molar-refractivity contribution in [2.75, 3.05) is 39.3 Å². The predicted octanol–water partition coefficient (Wildman–Crippen LogP) is 3.49. The number of nitrogens with zero attached hydrogens (tertiary/aromatic N) is 2. The van der Waals surface area contributed by atoms with E-state index in [2.05, 4.69) is 11.0 Å². The maximum atomic E-state index is 9.26. The van der Waals surface area contributed by atoms with Crippen molar-refractivity contribution < 1.29 is 14.2 Å². The Morgan fingerprint density at radius 2 is 1.84 bits per heavy atom. The number of benzene rings is 2. The van der Waals surface area contributed by atoms with Crippen LogP contribution >= 0.6 is 0 Å². The second kappa shape index (κ2) is 7.18. The van der Waals surface area contributed by atoms with Crippen LogP contribution in [0.15, 0.2) is 42.5 Å². The van der Waals surface area contributed by atoms with E-state index in [1.807, 2.05) is 37.4 Å². The second-order valence-electron chi connectivity index (χ2n) is 5.74. The summed E-state index contributed by atoms with van der Waals surface area (Å²) in [5.74, 6) is 2.17. The highest BCUT2D eigenvalue weighted by atomic mass is 16.5. The summed E-state index contributed by atoms with van der Waals surface area (Å²) in [6.07, 6.45) is 1.53. The summed E-state index contributed by atoms with van der Waals surface area (Å²) in [5.41, 5.74) is 3.60. The minimum atomic E-state index is 0.650. The Balaban J connectivity index is 2.09. The summed E-state index contributed by atoms with van der Waals surface area (Å²) in [7, 11) is 5.25. The zero-order chi connectivity index (χ0) is 17.8. The largest absolute Gasteiger partial charge is 0.497 e. The molecule has 0 spiro atoms. The van der Waals surface area contributed by atoms with E-state index < -0.39 is 0 Å². The molecule has 5 nitrogen and oxygen atoms in total. The molecular weight excluding hydrogens is 316 g/mol. The normalized spacial score (nSPS) is 13.5. The first-order valence-electron chi connectivity index (χ1n) is 7.98. The van der Waals surface area contributed by atoms with Crippen molar-refractivity contribution in [1.82, 2.24) is 0 Å². The van der Waals surface area contributed by atoms with Crippen molar-refractivity contribution in [3.63, 3.8) is 0 Å². The Hall–Kier alpha value is -3.13. The first-order valence-corrected chi connectivity index (χ1v) is 7.98. The van der Waals surface area contributed by atoms with Gasteiger partial charge in [-0.1, -0.05) is 6.07 Å². The van der Waals surface area contributed by atoms with Gasteiger partial charge in [-0.15, -0.1) is 0 Å². The Morgan fingerprint density at radius 1 is 1.12 bits per heavy atom. The second-order valence-corrected chi connectivity index (χ2v) is 5.74. The number of ether oxygens (including phenoxy) is 3. The summed E-state index contributed by atoms with van der Waals surface area (Å²) in [4.78, 5) is 2.16. The molecule has 2 aromatic rings. The van der Waals surface area contributed by atoms with Crippen molar-refractivity contribution in [3.8, 4) is 23.3 Å². The fraction of sp³-hybridized carbons (Fsp3) is 0.250. The molecule has 1 aliphatic rings. The van der Waals surface area contributed by atoms with Gasteiger partial charge < -0.3 is 19.1 Å². The van der Waals surface area contributed by atoms with Crippen LogP contribution in [-0.2, 0) is 0 Å². The highest BCUT2D eigenvalue weighted by Crippen LogP contribution is 2.36. The minimum Gasteiger partial charge on any atom is -0.497 e. The fourth-order valence-electron chi connectivity index (χ4n) is 2.89. The van der Waals surface area contributed by atoms with Crippen LogP contribution in [0.2, 0.25) is 0 Å². The Labute approximate surface area is 147 Å². The summed E-state index contributed by atoms with van der Waals surface area (Å²) >= 11 is 0. The van der Waals surface area contributed by atoms with Crippen LogP contribution in [0, 0.1) is 11.3 Å². The van der Waals surface area contributed by atoms with Crippen LogP contribution < -0.4 is 19.1 Å². The quantitative estimate of drug-likeness (QED) is 0.800. The van der Waals surface area contributed by atoms with E-state index in [0.29, 0.717) is 18.1 Å². The lowest BCUT2D eigenvalue weighted by atomic mass is 9.96. The third kappa shape index (κ3) is 3.38. The first kappa shape index (κ1) is 16.7.